The molecule has 0 aromatic heterocycles. The molecule has 0 heterocycles. The van der Waals surface area contributed by atoms with E-state index in [-0.39, 0.29) is 17.4 Å². The Kier molecular flexibility index (Phi) is 5.58. The van der Waals surface area contributed by atoms with Crippen molar-refractivity contribution in [2.24, 2.45) is 5.73 Å². The van der Waals surface area contributed by atoms with Gasteiger partial charge in [-0.15, -0.1) is 0 Å². The Morgan fingerprint density at radius 3 is 2.67 bits per heavy atom. The van der Waals surface area contributed by atoms with Gasteiger partial charge in [-0.25, -0.2) is 8.42 Å². The van der Waals surface area contributed by atoms with Gasteiger partial charge in [0, 0.05) is 32.0 Å². The van der Waals surface area contributed by atoms with E-state index in [1.807, 2.05) is 7.05 Å². The zero-order valence-corrected chi connectivity index (χ0v) is 12.5. The summed E-state index contributed by atoms with van der Waals surface area (Å²) in [5, 5.41) is 0. The standard InChI is InChI=1S/C12H26N2O3S/c1-14(7-8-18(3,15)16)12(10-13)6-4-5-11(9-12)17-2/h11H,4-10,13H2,1-3H3. The van der Waals surface area contributed by atoms with Crippen molar-refractivity contribution in [3.8, 4) is 0 Å². The summed E-state index contributed by atoms with van der Waals surface area (Å²) in [6.45, 7) is 1.08. The smallest absolute Gasteiger partial charge is 0.148 e. The van der Waals surface area contributed by atoms with E-state index in [1.54, 1.807) is 7.11 Å². The van der Waals surface area contributed by atoms with E-state index >= 15 is 0 Å². The van der Waals surface area contributed by atoms with Gasteiger partial charge in [0.1, 0.15) is 9.84 Å². The summed E-state index contributed by atoms with van der Waals surface area (Å²) in [4.78, 5) is 2.11. The molecule has 0 aromatic rings. The molecule has 1 rings (SSSR count). The van der Waals surface area contributed by atoms with Gasteiger partial charge in [-0.1, -0.05) is 0 Å². The largest absolute Gasteiger partial charge is 0.381 e. The maximum absolute atomic E-state index is 11.2. The first-order valence-corrected chi connectivity index (χ1v) is 8.51. The summed E-state index contributed by atoms with van der Waals surface area (Å²) in [6, 6.07) is 0. The number of sulfone groups is 1. The van der Waals surface area contributed by atoms with Crippen LogP contribution in [0.3, 0.4) is 0 Å². The van der Waals surface area contributed by atoms with E-state index in [0.717, 1.165) is 25.7 Å². The lowest BCUT2D eigenvalue weighted by Crippen LogP contribution is -2.56. The Balaban J connectivity index is 2.68. The van der Waals surface area contributed by atoms with E-state index in [9.17, 15) is 8.42 Å². The molecule has 1 saturated carbocycles. The fraction of sp³-hybridized carbons (Fsp3) is 1.00. The van der Waals surface area contributed by atoms with Crippen molar-refractivity contribution in [1.29, 1.82) is 0 Å². The highest BCUT2D eigenvalue weighted by Crippen LogP contribution is 2.33. The van der Waals surface area contributed by atoms with Crippen LogP contribution in [0.1, 0.15) is 25.7 Å². The van der Waals surface area contributed by atoms with Gasteiger partial charge in [0.2, 0.25) is 0 Å². The lowest BCUT2D eigenvalue weighted by atomic mass is 9.79. The molecule has 6 heteroatoms. The van der Waals surface area contributed by atoms with Crippen LogP contribution in [-0.4, -0.2) is 64.2 Å². The summed E-state index contributed by atoms with van der Waals surface area (Å²) in [5.41, 5.74) is 5.84. The molecule has 2 N–H and O–H groups in total. The van der Waals surface area contributed by atoms with Crippen molar-refractivity contribution in [2.75, 3.05) is 39.3 Å². The lowest BCUT2D eigenvalue weighted by Gasteiger charge is -2.46. The summed E-state index contributed by atoms with van der Waals surface area (Å²) in [7, 11) is 0.773. The van der Waals surface area contributed by atoms with Gasteiger partial charge >= 0.3 is 0 Å². The van der Waals surface area contributed by atoms with Crippen molar-refractivity contribution < 1.29 is 13.2 Å². The molecule has 0 bridgehead atoms. The third kappa shape index (κ3) is 4.19. The molecule has 18 heavy (non-hydrogen) atoms. The molecule has 2 unspecified atom stereocenters. The summed E-state index contributed by atoms with van der Waals surface area (Å²) in [5.74, 6) is 0.183. The lowest BCUT2D eigenvalue weighted by molar-refractivity contribution is -0.00969. The molecule has 0 radical (unpaired) electrons. The van der Waals surface area contributed by atoms with Crippen LogP contribution in [0, 0.1) is 0 Å². The number of methoxy groups -OCH3 is 1. The first-order chi connectivity index (χ1) is 8.33. The van der Waals surface area contributed by atoms with Crippen molar-refractivity contribution in [3.05, 3.63) is 0 Å². The zero-order chi connectivity index (χ0) is 13.8. The molecule has 0 saturated heterocycles. The first-order valence-electron chi connectivity index (χ1n) is 6.45. The second kappa shape index (κ2) is 6.32. The van der Waals surface area contributed by atoms with Crippen LogP contribution in [0.25, 0.3) is 0 Å². The topological polar surface area (TPSA) is 72.6 Å². The molecular formula is C12H26N2O3S. The Labute approximate surface area is 111 Å². The summed E-state index contributed by atoms with van der Waals surface area (Å²) in [6.07, 6.45) is 5.57. The average molecular weight is 278 g/mol. The van der Waals surface area contributed by atoms with Gasteiger partial charge in [-0.2, -0.15) is 0 Å². The highest BCUT2D eigenvalue weighted by atomic mass is 32.2. The van der Waals surface area contributed by atoms with Crippen LogP contribution in [0.5, 0.6) is 0 Å². The molecule has 5 nitrogen and oxygen atoms in total. The number of nitrogens with zero attached hydrogens (tertiary/aromatic N) is 1. The van der Waals surface area contributed by atoms with Gasteiger partial charge < -0.3 is 10.5 Å². The minimum absolute atomic E-state index is 0.108. The Morgan fingerprint density at radius 1 is 1.50 bits per heavy atom. The van der Waals surface area contributed by atoms with Crippen LogP contribution in [0.4, 0.5) is 0 Å². The van der Waals surface area contributed by atoms with E-state index < -0.39 is 9.84 Å². The molecule has 1 fully saturated rings. The fourth-order valence-electron chi connectivity index (χ4n) is 2.72. The predicted octanol–water partition coefficient (Wildman–Crippen LogP) is 0.249. The molecule has 108 valence electrons. The Bertz CT molecular complexity index is 358. The molecule has 1 aliphatic carbocycles. The number of rotatable bonds is 6. The third-order valence-corrected chi connectivity index (χ3v) is 5.02. The van der Waals surface area contributed by atoms with Crippen LogP contribution in [0.2, 0.25) is 0 Å². The summed E-state index contributed by atoms with van der Waals surface area (Å²) >= 11 is 0. The maximum Gasteiger partial charge on any atom is 0.148 e. The second-order valence-corrected chi connectivity index (χ2v) is 7.69. The molecule has 0 aliphatic heterocycles. The molecule has 1 aliphatic rings. The molecule has 2 atom stereocenters. The highest BCUT2D eigenvalue weighted by molar-refractivity contribution is 7.90. The summed E-state index contributed by atoms with van der Waals surface area (Å²) < 4.78 is 27.9. The van der Waals surface area contributed by atoms with Crippen LogP contribution in [-0.2, 0) is 14.6 Å². The van der Waals surface area contributed by atoms with E-state index in [2.05, 4.69) is 4.90 Å². The third-order valence-electron chi connectivity index (χ3n) is 4.10. The Morgan fingerprint density at radius 2 is 2.17 bits per heavy atom. The number of nitrogens with two attached hydrogens (primary N) is 1. The monoisotopic (exact) mass is 278 g/mol. The van der Waals surface area contributed by atoms with Gasteiger partial charge in [-0.05, 0) is 32.7 Å². The normalized spacial score (nSPS) is 29.7. The quantitative estimate of drug-likeness (QED) is 0.754. The molecule has 0 amide bonds. The van der Waals surface area contributed by atoms with Crippen molar-refractivity contribution >= 4 is 9.84 Å². The maximum atomic E-state index is 11.2. The van der Waals surface area contributed by atoms with E-state index in [1.165, 1.54) is 6.26 Å². The van der Waals surface area contributed by atoms with E-state index in [0.29, 0.717) is 13.1 Å². The SMILES string of the molecule is COC1CCCC(CN)(N(C)CCS(C)(=O)=O)C1. The van der Waals surface area contributed by atoms with Gasteiger partial charge in [0.25, 0.3) is 0 Å². The minimum Gasteiger partial charge on any atom is -0.381 e. The predicted molar refractivity (Wildman–Crippen MR) is 73.4 cm³/mol. The number of hydrogen-bond donors (Lipinski definition) is 1. The number of likely N-dealkylation sites (N-methyl/N-ethyl adjacent to an activating group) is 1. The first kappa shape index (κ1) is 15.9. The van der Waals surface area contributed by atoms with Crippen molar-refractivity contribution in [3.63, 3.8) is 0 Å². The van der Waals surface area contributed by atoms with Crippen molar-refractivity contribution in [2.45, 2.75) is 37.3 Å². The van der Waals surface area contributed by atoms with Gasteiger partial charge in [0.05, 0.1) is 11.9 Å². The fourth-order valence-corrected chi connectivity index (χ4v) is 3.32. The number of ether oxygens (including phenoxy) is 1. The minimum atomic E-state index is -2.93. The van der Waals surface area contributed by atoms with Gasteiger partial charge in [0.15, 0.2) is 0 Å². The van der Waals surface area contributed by atoms with Crippen LogP contribution in [0.15, 0.2) is 0 Å². The molecule has 0 aromatic carbocycles. The average Bonchev–Trinajstić information content (AvgIpc) is 2.34. The molecule has 0 spiro atoms. The van der Waals surface area contributed by atoms with E-state index in [4.69, 9.17) is 10.5 Å². The highest BCUT2D eigenvalue weighted by Gasteiger charge is 2.38. The van der Waals surface area contributed by atoms with Gasteiger partial charge in [-0.3, -0.25) is 4.90 Å². The second-order valence-electron chi connectivity index (χ2n) is 5.43. The molecular weight excluding hydrogens is 252 g/mol. The van der Waals surface area contributed by atoms with Crippen LogP contribution >= 0.6 is 0 Å². The van der Waals surface area contributed by atoms with Crippen LogP contribution < -0.4 is 5.73 Å². The zero-order valence-electron chi connectivity index (χ0n) is 11.7. The number of hydrogen-bond acceptors (Lipinski definition) is 5. The Hall–Kier alpha value is -0.170. The van der Waals surface area contributed by atoms with Crippen molar-refractivity contribution in [1.82, 2.24) is 4.90 Å².